The van der Waals surface area contributed by atoms with Gasteiger partial charge in [-0.2, -0.15) is 26.3 Å². The molecular weight excluding hydrogens is 593 g/mol. The van der Waals surface area contributed by atoms with Crippen molar-refractivity contribution < 1.29 is 40.3 Å². The smallest absolute Gasteiger partial charge is 0.340 e. The van der Waals surface area contributed by atoms with E-state index in [0.29, 0.717) is 43.4 Å². The normalized spacial score (nSPS) is 22.9. The average molecular weight is 625 g/mol. The molecule has 0 aromatic heterocycles. The molecule has 3 amide bonds. The zero-order valence-corrected chi connectivity index (χ0v) is 23.7. The highest BCUT2D eigenvalue weighted by atomic mass is 35.5. The van der Waals surface area contributed by atoms with E-state index in [-0.39, 0.29) is 49.4 Å². The molecule has 2 aromatic rings. The summed E-state index contributed by atoms with van der Waals surface area (Å²) in [6.07, 6.45) is -7.50. The van der Waals surface area contributed by atoms with Gasteiger partial charge in [0.2, 0.25) is 5.91 Å². The molecule has 0 bridgehead atoms. The minimum atomic E-state index is -5.07. The number of halogens is 8. The fourth-order valence-corrected chi connectivity index (χ4v) is 5.64. The molecule has 42 heavy (non-hydrogen) atoms. The van der Waals surface area contributed by atoms with Crippen LogP contribution in [0.25, 0.3) is 0 Å². The van der Waals surface area contributed by atoms with Crippen LogP contribution in [0.5, 0.6) is 0 Å². The average Bonchev–Trinajstić information content (AvgIpc) is 3.36. The summed E-state index contributed by atoms with van der Waals surface area (Å²) >= 11 is 0. The van der Waals surface area contributed by atoms with Crippen molar-refractivity contribution in [2.75, 3.05) is 32.1 Å². The molecule has 0 radical (unpaired) electrons. The van der Waals surface area contributed by atoms with Crippen LogP contribution in [-0.4, -0.2) is 61.0 Å². The lowest BCUT2D eigenvalue weighted by Gasteiger charge is -2.33. The summed E-state index contributed by atoms with van der Waals surface area (Å²) in [5.74, 6) is -1.30. The maximum Gasteiger partial charge on any atom is 0.416 e. The zero-order valence-electron chi connectivity index (χ0n) is 22.9. The number of rotatable bonds is 4. The molecule has 1 aliphatic heterocycles. The number of alkyl halides is 6. The number of carbonyl (C=O) groups is 2. The zero-order chi connectivity index (χ0) is 30.3. The minimum absolute atomic E-state index is 0. The first-order chi connectivity index (χ1) is 19.1. The fourth-order valence-electron chi connectivity index (χ4n) is 5.64. The molecule has 0 unspecified atom stereocenters. The van der Waals surface area contributed by atoms with E-state index in [1.165, 1.54) is 36.2 Å². The lowest BCUT2D eigenvalue weighted by Crippen LogP contribution is -2.48. The van der Waals surface area contributed by atoms with E-state index in [4.69, 9.17) is 5.73 Å². The Morgan fingerprint density at radius 3 is 1.88 bits per heavy atom. The summed E-state index contributed by atoms with van der Waals surface area (Å²) in [6, 6.07) is 5.00. The summed E-state index contributed by atoms with van der Waals surface area (Å²) in [5.41, 5.74) is 2.93. The summed E-state index contributed by atoms with van der Waals surface area (Å²) in [5, 5.41) is 0. The van der Waals surface area contributed by atoms with Crippen molar-refractivity contribution in [1.82, 2.24) is 9.80 Å². The van der Waals surface area contributed by atoms with Crippen LogP contribution in [0.1, 0.15) is 48.3 Å². The molecule has 1 saturated carbocycles. The van der Waals surface area contributed by atoms with E-state index in [0.717, 1.165) is 11.9 Å². The van der Waals surface area contributed by atoms with Gasteiger partial charge in [0.1, 0.15) is 5.82 Å². The number of anilines is 1. The number of benzene rings is 2. The number of hydrogen-bond acceptors (Lipinski definition) is 3. The monoisotopic (exact) mass is 624 g/mol. The van der Waals surface area contributed by atoms with Gasteiger partial charge in [0.15, 0.2) is 0 Å². The second-order valence-electron chi connectivity index (χ2n) is 10.8. The van der Waals surface area contributed by atoms with Gasteiger partial charge in [-0.15, -0.1) is 12.4 Å². The van der Waals surface area contributed by atoms with E-state index >= 15 is 0 Å². The fraction of sp³-hybridized carbons (Fsp3) is 0.500. The Balaban J connectivity index is 0.00000484. The Morgan fingerprint density at radius 2 is 1.38 bits per heavy atom. The van der Waals surface area contributed by atoms with Gasteiger partial charge in [0.25, 0.3) is 0 Å². The van der Waals surface area contributed by atoms with Crippen molar-refractivity contribution in [1.29, 1.82) is 0 Å². The van der Waals surface area contributed by atoms with Crippen molar-refractivity contribution in [3.63, 3.8) is 0 Å². The van der Waals surface area contributed by atoms with Crippen molar-refractivity contribution in [2.45, 2.75) is 56.0 Å². The summed E-state index contributed by atoms with van der Waals surface area (Å²) in [7, 11) is 2.47. The quantitative estimate of drug-likeness (QED) is 0.407. The molecule has 2 aliphatic rings. The lowest BCUT2D eigenvalue weighted by atomic mass is 9.85. The largest absolute Gasteiger partial charge is 0.416 e. The minimum Gasteiger partial charge on any atom is -0.340 e. The van der Waals surface area contributed by atoms with Gasteiger partial charge in [-0.25, -0.2) is 9.18 Å². The van der Waals surface area contributed by atoms with Crippen molar-refractivity contribution >= 4 is 30.0 Å². The van der Waals surface area contributed by atoms with E-state index in [9.17, 15) is 40.3 Å². The summed E-state index contributed by atoms with van der Waals surface area (Å²) in [4.78, 5) is 30.5. The number of nitrogens with two attached hydrogens (primary N) is 1. The maximum absolute atomic E-state index is 13.7. The Labute approximate surface area is 245 Å². The third-order valence-corrected chi connectivity index (χ3v) is 8.07. The van der Waals surface area contributed by atoms with Gasteiger partial charge in [-0.3, -0.25) is 9.69 Å². The second-order valence-corrected chi connectivity index (χ2v) is 10.8. The Hall–Kier alpha value is -3.06. The molecule has 14 heteroatoms. The molecular formula is C28H32ClF7N4O2. The first-order valence-electron chi connectivity index (χ1n) is 13.2. The molecule has 2 fully saturated rings. The standard InChI is InChI=1S/C28H31F7N4O2.ClH/c1-37(22-12-18(27(30,31)32)11-19(13-22)28(33,34)35)26(41)38(2)24-15-39(25(40)17-5-9-21(36)10-6-17)14-23(24)16-3-7-20(29)8-4-16;/h3-4,7-8,11-13,17,21,23-24H,5-6,9-10,14-15,36H2,1-2H3;1H/t17-,21-,23-,24+;/m0./s1. The number of likely N-dealkylation sites (N-methyl/N-ethyl adjacent to an activating group) is 1. The molecule has 232 valence electrons. The number of hydrogen-bond donors (Lipinski definition) is 1. The summed E-state index contributed by atoms with van der Waals surface area (Å²) < 4.78 is 94.1. The number of likely N-dealkylation sites (tertiary alicyclic amines) is 1. The maximum atomic E-state index is 13.7. The van der Waals surface area contributed by atoms with Gasteiger partial charge < -0.3 is 15.5 Å². The van der Waals surface area contributed by atoms with Gasteiger partial charge in [-0.1, -0.05) is 12.1 Å². The first-order valence-corrected chi connectivity index (χ1v) is 13.2. The molecule has 2 N–H and O–H groups in total. The van der Waals surface area contributed by atoms with Crippen molar-refractivity contribution in [3.8, 4) is 0 Å². The first kappa shape index (κ1) is 33.4. The molecule has 2 aromatic carbocycles. The van der Waals surface area contributed by atoms with E-state index in [1.54, 1.807) is 4.90 Å². The second kappa shape index (κ2) is 12.7. The van der Waals surface area contributed by atoms with Crippen LogP contribution < -0.4 is 10.6 Å². The van der Waals surface area contributed by atoms with Gasteiger partial charge in [0, 0.05) is 50.7 Å². The highest BCUT2D eigenvalue weighted by Gasteiger charge is 2.43. The van der Waals surface area contributed by atoms with Gasteiger partial charge in [-0.05, 0) is 61.6 Å². The van der Waals surface area contributed by atoms with Crippen molar-refractivity contribution in [3.05, 3.63) is 65.0 Å². The molecule has 6 nitrogen and oxygen atoms in total. The van der Waals surface area contributed by atoms with Crippen LogP contribution in [0.4, 0.5) is 41.2 Å². The van der Waals surface area contributed by atoms with Crippen molar-refractivity contribution in [2.24, 2.45) is 11.7 Å². The topological polar surface area (TPSA) is 69.9 Å². The van der Waals surface area contributed by atoms with E-state index in [1.807, 2.05) is 0 Å². The Morgan fingerprint density at radius 1 is 0.857 bits per heavy atom. The van der Waals surface area contributed by atoms with Crippen LogP contribution >= 0.6 is 12.4 Å². The van der Waals surface area contributed by atoms with Crippen LogP contribution in [0.15, 0.2) is 42.5 Å². The number of nitrogens with zero attached hydrogens (tertiary/aromatic N) is 3. The van der Waals surface area contributed by atoms with Crippen LogP contribution in [0.3, 0.4) is 0 Å². The van der Waals surface area contributed by atoms with Crippen LogP contribution in [-0.2, 0) is 17.1 Å². The van der Waals surface area contributed by atoms with E-state index in [2.05, 4.69) is 0 Å². The highest BCUT2D eigenvalue weighted by molar-refractivity contribution is 5.92. The van der Waals surface area contributed by atoms with Crippen LogP contribution in [0, 0.1) is 11.7 Å². The number of amides is 3. The van der Waals surface area contributed by atoms with Crippen LogP contribution in [0.2, 0.25) is 0 Å². The number of urea groups is 1. The summed E-state index contributed by atoms with van der Waals surface area (Å²) in [6.45, 7) is 0.302. The molecule has 1 aliphatic carbocycles. The molecule has 2 atom stereocenters. The predicted octanol–water partition coefficient (Wildman–Crippen LogP) is 6.29. The van der Waals surface area contributed by atoms with Gasteiger partial charge in [0.05, 0.1) is 17.2 Å². The van der Waals surface area contributed by atoms with E-state index < -0.39 is 53.0 Å². The molecule has 1 saturated heterocycles. The lowest BCUT2D eigenvalue weighted by molar-refractivity contribution is -0.143. The highest BCUT2D eigenvalue weighted by Crippen LogP contribution is 2.39. The van der Waals surface area contributed by atoms with Gasteiger partial charge >= 0.3 is 18.4 Å². The Kier molecular flexibility index (Phi) is 10.1. The SMILES string of the molecule is CN(C(=O)N(C)[C@@H]1CN(C(=O)[C@H]2CC[C@H](N)CC2)C[C@H]1c1ccc(F)cc1)c1cc(C(F)(F)F)cc(C(F)(F)F)c1.Cl. The predicted molar refractivity (Wildman–Crippen MR) is 145 cm³/mol. The third kappa shape index (κ3) is 7.28. The number of carbonyl (C=O) groups excluding carboxylic acids is 2. The Bertz CT molecular complexity index is 1230. The third-order valence-electron chi connectivity index (χ3n) is 8.07. The molecule has 4 rings (SSSR count). The molecule has 1 heterocycles. The molecule has 0 spiro atoms.